The molecule has 1 aromatic carbocycles. The van der Waals surface area contributed by atoms with Gasteiger partial charge < -0.3 is 0 Å². The molecule has 0 saturated heterocycles. The first kappa shape index (κ1) is 30.5. The number of likely N-dealkylation sites (N-methyl/N-ethyl adjacent to an activating group) is 1. The van der Waals surface area contributed by atoms with Crippen LogP contribution in [0.1, 0.15) is 57.6 Å². The summed E-state index contributed by atoms with van der Waals surface area (Å²) in [7, 11) is 1.80. The van der Waals surface area contributed by atoms with E-state index in [0.29, 0.717) is 44.0 Å². The number of aromatic nitrogens is 4. The molecule has 3 N–H and O–H groups in total. The average molecular weight is 733 g/mol. The van der Waals surface area contributed by atoms with E-state index in [1.165, 1.54) is 0 Å². The number of amides is 3. The average Bonchev–Trinajstić information content (AvgIpc) is 3.75. The second-order valence-electron chi connectivity index (χ2n) is 12.2. The molecule has 3 amide bonds. The van der Waals surface area contributed by atoms with E-state index >= 15 is 0 Å². The molecule has 1 aliphatic carbocycles. The van der Waals surface area contributed by atoms with Crippen LogP contribution < -0.4 is 31.8 Å². The van der Waals surface area contributed by atoms with Crippen molar-refractivity contribution in [3.8, 4) is 0 Å². The maximum atomic E-state index is 13.9. The summed E-state index contributed by atoms with van der Waals surface area (Å²) >= 11 is -0.962. The SMILES string of the molecule is Cc1cc([I-][C@H]2NC(=O)c3cnc4c(c3)C[C@@]3(C4)C(=O)Nc4ncc(cc43)/C=C/COCCCCCN(C)C2=O)cc2cn[nH]c12. The third kappa shape index (κ3) is 5.79. The number of aryl methyl sites for hydroxylation is 1. The third-order valence-electron chi connectivity index (χ3n) is 8.98. The van der Waals surface area contributed by atoms with Gasteiger partial charge in [0.05, 0.1) is 0 Å². The molecule has 2 aliphatic heterocycles. The normalized spacial score (nSPS) is 22.9. The van der Waals surface area contributed by atoms with Crippen molar-refractivity contribution < 1.29 is 40.3 Å². The van der Waals surface area contributed by atoms with E-state index in [1.54, 1.807) is 30.5 Å². The monoisotopic (exact) mass is 732 g/mol. The number of pyridine rings is 2. The van der Waals surface area contributed by atoms with E-state index in [-0.39, 0.29) is 17.7 Å². The van der Waals surface area contributed by atoms with Gasteiger partial charge in [0.1, 0.15) is 0 Å². The first-order valence-corrected chi connectivity index (χ1v) is 17.8. The van der Waals surface area contributed by atoms with Gasteiger partial charge in [0.25, 0.3) is 0 Å². The molecule has 3 aromatic heterocycles. The van der Waals surface area contributed by atoms with Crippen LogP contribution in [0.4, 0.5) is 5.82 Å². The standard InChI is InChI=1S/C34H35IN7O4/c1-20-11-25(14-23-19-38-41-28(20)23)35-29-32(44)42(2)8-4-3-5-9-46-10-6-7-21-12-26-30(37-17-21)40-33(45)34(26)15-22-13-24(31(43)39-29)18-36-27(22)16-34/h6-7,11-14,17-19,29H,3-5,8-10,15-16H2,1-2H3,(H,38,41)(H,39,43)(H,37,40,45)/q-1/b7-6+/t29-,34-/m0/s1. The first-order valence-electron chi connectivity index (χ1n) is 15.5. The van der Waals surface area contributed by atoms with Crippen molar-refractivity contribution in [3.63, 3.8) is 0 Å². The molecule has 0 radical (unpaired) electrons. The summed E-state index contributed by atoms with van der Waals surface area (Å²) in [6.07, 6.45) is 12.5. The van der Waals surface area contributed by atoms with E-state index in [0.717, 1.165) is 61.7 Å². The van der Waals surface area contributed by atoms with E-state index < -0.39 is 30.7 Å². The molecule has 5 bridgehead atoms. The van der Waals surface area contributed by atoms with Crippen molar-refractivity contribution >= 4 is 40.5 Å². The number of anilines is 1. The number of hydrogen-bond acceptors (Lipinski definition) is 7. The molecule has 11 nitrogen and oxygen atoms in total. The molecule has 0 saturated carbocycles. The molecule has 46 heavy (non-hydrogen) atoms. The summed E-state index contributed by atoms with van der Waals surface area (Å²) in [4.78, 5) is 52.0. The zero-order chi connectivity index (χ0) is 31.8. The van der Waals surface area contributed by atoms with Crippen LogP contribution >= 0.6 is 0 Å². The molecule has 1 spiro atoms. The number of hydrogen-bond donors (Lipinski definition) is 3. The van der Waals surface area contributed by atoms with Crippen LogP contribution in [0.2, 0.25) is 0 Å². The molecular weight excluding hydrogens is 697 g/mol. The van der Waals surface area contributed by atoms with E-state index in [9.17, 15) is 14.4 Å². The Hall–Kier alpha value is -4.17. The first-order chi connectivity index (χ1) is 22.3. The predicted octanol–water partition coefficient (Wildman–Crippen LogP) is 0.337. The summed E-state index contributed by atoms with van der Waals surface area (Å²) in [6, 6.07) is 7.97. The van der Waals surface area contributed by atoms with Crippen molar-refractivity contribution in [1.82, 2.24) is 30.4 Å². The summed E-state index contributed by atoms with van der Waals surface area (Å²) in [5, 5.41) is 14.2. The van der Waals surface area contributed by atoms with Crippen LogP contribution in [0.5, 0.6) is 0 Å². The molecule has 4 aromatic rings. The van der Waals surface area contributed by atoms with Crippen LogP contribution in [0.15, 0.2) is 48.9 Å². The molecule has 0 unspecified atom stereocenters. The van der Waals surface area contributed by atoms with Gasteiger partial charge >= 0.3 is 278 Å². The molecule has 2 atom stereocenters. The number of alkyl halides is 1. The number of aromatic amines is 1. The van der Waals surface area contributed by atoms with E-state index in [2.05, 4.69) is 42.9 Å². The zero-order valence-electron chi connectivity index (χ0n) is 25.7. The Balaban J connectivity index is 1.20. The van der Waals surface area contributed by atoms with Crippen LogP contribution in [-0.2, 0) is 32.6 Å². The number of benzene rings is 1. The predicted molar refractivity (Wildman–Crippen MR) is 168 cm³/mol. The van der Waals surface area contributed by atoms with Gasteiger partial charge in [0.15, 0.2) is 0 Å². The Morgan fingerprint density at radius 1 is 1.02 bits per heavy atom. The summed E-state index contributed by atoms with van der Waals surface area (Å²) < 4.78 is 6.18. The van der Waals surface area contributed by atoms with Gasteiger partial charge in [-0.05, 0) is 0 Å². The quantitative estimate of drug-likeness (QED) is 0.153. The molecule has 238 valence electrons. The Labute approximate surface area is 276 Å². The number of H-pyrrole nitrogens is 1. The molecule has 3 aliphatic rings. The summed E-state index contributed by atoms with van der Waals surface area (Å²) in [5.41, 5.74) is 4.93. The number of halogens is 1. The number of rotatable bonds is 2. The van der Waals surface area contributed by atoms with Gasteiger partial charge in [-0.2, -0.15) is 0 Å². The van der Waals surface area contributed by atoms with Gasteiger partial charge in [-0.25, -0.2) is 0 Å². The van der Waals surface area contributed by atoms with Crippen molar-refractivity contribution in [2.24, 2.45) is 0 Å². The zero-order valence-corrected chi connectivity index (χ0v) is 27.9. The number of ether oxygens (including phenoxy) is 1. The number of fused-ring (bicyclic) bond motifs is 3. The van der Waals surface area contributed by atoms with Crippen molar-refractivity contribution in [1.29, 1.82) is 0 Å². The van der Waals surface area contributed by atoms with Gasteiger partial charge in [-0.1, -0.05) is 0 Å². The number of nitrogens with zero attached hydrogens (tertiary/aromatic N) is 4. The Kier molecular flexibility index (Phi) is 8.32. The van der Waals surface area contributed by atoms with Crippen molar-refractivity contribution in [2.45, 2.75) is 48.5 Å². The Bertz CT molecular complexity index is 1890. The van der Waals surface area contributed by atoms with E-state index in [4.69, 9.17) is 4.74 Å². The van der Waals surface area contributed by atoms with Crippen LogP contribution in [0.3, 0.4) is 0 Å². The fourth-order valence-corrected chi connectivity index (χ4v) is 9.53. The number of carbonyl (C=O) groups is 3. The summed E-state index contributed by atoms with van der Waals surface area (Å²) in [5.74, 6) is -0.00294. The molecule has 0 fully saturated rings. The maximum absolute atomic E-state index is 13.9. The second kappa shape index (κ2) is 12.6. The molecule has 7 rings (SSSR count). The minimum atomic E-state index is -0.962. The second-order valence-corrected chi connectivity index (χ2v) is 15.3. The van der Waals surface area contributed by atoms with Crippen LogP contribution in [-0.4, -0.2) is 73.6 Å². The van der Waals surface area contributed by atoms with Gasteiger partial charge in [0.2, 0.25) is 0 Å². The van der Waals surface area contributed by atoms with Gasteiger partial charge in [-0.3, -0.25) is 0 Å². The van der Waals surface area contributed by atoms with Gasteiger partial charge in [-0.15, -0.1) is 0 Å². The fourth-order valence-electron chi connectivity index (χ4n) is 6.47. The number of carbonyl (C=O) groups excluding carboxylic acids is 3. The molecular formula is C34H35IN7O4-. The van der Waals surface area contributed by atoms with Crippen LogP contribution in [0.25, 0.3) is 17.0 Å². The Morgan fingerprint density at radius 2 is 1.91 bits per heavy atom. The van der Waals surface area contributed by atoms with Gasteiger partial charge in [0, 0.05) is 0 Å². The Morgan fingerprint density at radius 3 is 2.80 bits per heavy atom. The summed E-state index contributed by atoms with van der Waals surface area (Å²) in [6.45, 7) is 3.70. The number of nitrogens with one attached hydrogen (secondary N) is 3. The van der Waals surface area contributed by atoms with E-state index in [1.807, 2.05) is 31.2 Å². The topological polar surface area (TPSA) is 142 Å². The van der Waals surface area contributed by atoms with Crippen molar-refractivity contribution in [3.05, 3.63) is 86.0 Å². The fraction of sp³-hybridized carbons (Fsp3) is 0.353. The molecule has 12 heteroatoms. The third-order valence-corrected chi connectivity index (χ3v) is 11.8. The minimum absolute atomic E-state index is 0.106. The molecule has 5 heterocycles. The van der Waals surface area contributed by atoms with Crippen molar-refractivity contribution in [2.75, 3.05) is 32.1 Å². The van der Waals surface area contributed by atoms with Crippen LogP contribution in [0, 0.1) is 10.5 Å².